The molecule has 4 rings (SSSR count). The number of benzene rings is 1. The normalized spacial score (nSPS) is 25.8. The zero-order valence-electron chi connectivity index (χ0n) is 20.9. The molecule has 4 atom stereocenters. The number of carbonyl (C=O) groups is 2. The largest absolute Gasteiger partial charge is 0.489 e. The number of ether oxygens (including phenoxy) is 2. The third kappa shape index (κ3) is 5.53. The van der Waals surface area contributed by atoms with Crippen LogP contribution in [0.2, 0.25) is 0 Å². The first kappa shape index (κ1) is 28.6. The van der Waals surface area contributed by atoms with E-state index in [2.05, 4.69) is 10.3 Å². The Hall–Kier alpha value is -3.39. The van der Waals surface area contributed by atoms with Crippen LogP contribution in [-0.2, 0) is 9.53 Å². The number of primary amides is 1. The molecule has 0 saturated carbocycles. The van der Waals surface area contributed by atoms with Gasteiger partial charge in [-0.2, -0.15) is 17.6 Å². The number of hydrogen-bond acceptors (Lipinski definition) is 6. The van der Waals surface area contributed by atoms with Crippen molar-refractivity contribution in [1.82, 2.24) is 9.88 Å². The van der Waals surface area contributed by atoms with Crippen LogP contribution in [-0.4, -0.2) is 72.0 Å². The number of aromatic nitrogens is 1. The number of nitrogens with zero attached hydrogens (tertiary/aromatic N) is 2. The minimum Gasteiger partial charge on any atom is -0.489 e. The van der Waals surface area contributed by atoms with E-state index in [1.807, 2.05) is 0 Å². The van der Waals surface area contributed by atoms with Crippen LogP contribution in [0.4, 0.5) is 32.0 Å². The van der Waals surface area contributed by atoms with Crippen LogP contribution in [0.1, 0.15) is 35.8 Å². The van der Waals surface area contributed by atoms with Crippen molar-refractivity contribution in [1.29, 1.82) is 0 Å². The second-order valence-corrected chi connectivity index (χ2v) is 9.73. The minimum atomic E-state index is -4.94. The number of nitrogens with two attached hydrogens (primary N) is 1. The molecule has 1 aromatic heterocycles. The van der Waals surface area contributed by atoms with Crippen LogP contribution in [0.25, 0.3) is 0 Å². The number of rotatable bonds is 8. The number of hydrogen-bond donors (Lipinski definition) is 2. The first-order chi connectivity index (χ1) is 18.2. The Morgan fingerprint density at radius 1 is 1.26 bits per heavy atom. The molecule has 2 fully saturated rings. The van der Waals surface area contributed by atoms with Gasteiger partial charge in [-0.25, -0.2) is 8.78 Å². The third-order valence-electron chi connectivity index (χ3n) is 7.21. The van der Waals surface area contributed by atoms with Crippen molar-refractivity contribution in [3.05, 3.63) is 53.4 Å². The third-order valence-corrected chi connectivity index (χ3v) is 7.21. The van der Waals surface area contributed by atoms with Crippen LogP contribution in [0.5, 0.6) is 5.75 Å². The zero-order chi connectivity index (χ0) is 28.7. The van der Waals surface area contributed by atoms with E-state index in [1.165, 1.54) is 13.0 Å². The highest BCUT2D eigenvalue weighted by Crippen LogP contribution is 2.55. The highest BCUT2D eigenvalue weighted by atomic mass is 19.4. The Labute approximate surface area is 219 Å². The van der Waals surface area contributed by atoms with Gasteiger partial charge in [0.2, 0.25) is 5.82 Å². The molecule has 0 spiro atoms. The summed E-state index contributed by atoms with van der Waals surface area (Å²) in [5.74, 6) is -8.22. The topological polar surface area (TPSA) is 107 Å². The fourth-order valence-electron chi connectivity index (χ4n) is 4.80. The lowest BCUT2D eigenvalue weighted by molar-refractivity contribution is -0.272. The first-order valence-electron chi connectivity index (χ1n) is 12.0. The van der Waals surface area contributed by atoms with Gasteiger partial charge in [0.05, 0.1) is 0 Å². The zero-order valence-corrected chi connectivity index (χ0v) is 20.9. The highest BCUT2D eigenvalue weighted by molar-refractivity contribution is 5.97. The van der Waals surface area contributed by atoms with Crippen molar-refractivity contribution in [3.63, 3.8) is 0 Å². The second kappa shape index (κ2) is 10.6. The number of halogens is 6. The lowest BCUT2D eigenvalue weighted by atomic mass is 9.77. The lowest BCUT2D eigenvalue weighted by Crippen LogP contribution is -2.49. The number of carbonyl (C=O) groups excluding carboxylic acids is 2. The summed E-state index contributed by atoms with van der Waals surface area (Å²) in [6.45, 7) is 2.22. The molecule has 2 amide bonds. The van der Waals surface area contributed by atoms with Crippen LogP contribution in [0, 0.1) is 17.6 Å². The van der Waals surface area contributed by atoms with Gasteiger partial charge in [-0.1, -0.05) is 13.0 Å². The highest BCUT2D eigenvalue weighted by Gasteiger charge is 2.66. The fourth-order valence-corrected chi connectivity index (χ4v) is 4.80. The van der Waals surface area contributed by atoms with Crippen molar-refractivity contribution in [2.75, 3.05) is 31.6 Å². The summed E-state index contributed by atoms with van der Waals surface area (Å²) < 4.78 is 95.6. The molecule has 0 bridgehead atoms. The van der Waals surface area contributed by atoms with Crippen molar-refractivity contribution >= 4 is 17.5 Å². The number of likely N-dealkylation sites (tertiary alicyclic amines) is 1. The van der Waals surface area contributed by atoms with Crippen molar-refractivity contribution in [2.24, 2.45) is 11.7 Å². The first-order valence-corrected chi connectivity index (χ1v) is 12.0. The summed E-state index contributed by atoms with van der Waals surface area (Å²) in [6.07, 6.45) is -6.60. The molecule has 2 aliphatic rings. The standard InChI is InChI=1S/C25H26F6N4O4/c1-12-18(15-3-4-16(27)19(28)20(15)38-8-7-35-10-13(26)11-35)21(39-24(12,2)25(29,30)31)23(37)34-14-5-6-33-17(9-14)22(32)36/h3-6,9,12-13,18,21H,7-8,10-11H2,1-2H3,(H2,32,36)(H,33,34,37)/t12-,18-,21+,24+/m0/s1. The van der Waals surface area contributed by atoms with E-state index in [0.717, 1.165) is 31.3 Å². The predicted molar refractivity (Wildman–Crippen MR) is 126 cm³/mol. The molecule has 2 aromatic rings. The van der Waals surface area contributed by atoms with Crippen molar-refractivity contribution < 1.29 is 45.4 Å². The number of pyridine rings is 1. The summed E-state index contributed by atoms with van der Waals surface area (Å²) in [7, 11) is 0. The SMILES string of the molecule is C[C@H]1[C@@H](c2ccc(F)c(F)c2OCCN2CC(F)C2)[C@H](C(=O)Nc2ccnc(C(N)=O)c2)O[C@@]1(C)C(F)(F)F. The number of alkyl halides is 4. The molecular weight excluding hydrogens is 534 g/mol. The molecule has 0 unspecified atom stereocenters. The van der Waals surface area contributed by atoms with Gasteiger partial charge >= 0.3 is 6.18 Å². The van der Waals surface area contributed by atoms with Crippen LogP contribution < -0.4 is 15.8 Å². The Kier molecular flexibility index (Phi) is 7.81. The van der Waals surface area contributed by atoms with E-state index < -0.39 is 65.1 Å². The Morgan fingerprint density at radius 2 is 1.95 bits per heavy atom. The molecule has 1 aromatic carbocycles. The van der Waals surface area contributed by atoms with E-state index in [0.29, 0.717) is 0 Å². The van der Waals surface area contributed by atoms with Crippen LogP contribution in [0.3, 0.4) is 0 Å². The average molecular weight is 560 g/mol. The fraction of sp³-hybridized carbons (Fsp3) is 0.480. The molecule has 0 aliphatic carbocycles. The Balaban J connectivity index is 1.69. The van der Waals surface area contributed by atoms with Gasteiger partial charge in [0.15, 0.2) is 17.2 Å². The molecule has 2 saturated heterocycles. The molecule has 14 heteroatoms. The molecular formula is C25H26F6N4O4. The van der Waals surface area contributed by atoms with Crippen molar-refractivity contribution in [2.45, 2.75) is 43.8 Å². The second-order valence-electron chi connectivity index (χ2n) is 9.73. The average Bonchev–Trinajstić information content (AvgIpc) is 3.12. The van der Waals surface area contributed by atoms with Gasteiger partial charge < -0.3 is 20.5 Å². The summed E-state index contributed by atoms with van der Waals surface area (Å²) in [5.41, 5.74) is 1.95. The number of nitrogens with one attached hydrogen (secondary N) is 1. The molecule has 3 N–H and O–H groups in total. The lowest BCUT2D eigenvalue weighted by Gasteiger charge is -2.34. The maximum Gasteiger partial charge on any atom is 0.417 e. The van der Waals surface area contributed by atoms with Gasteiger partial charge in [-0.3, -0.25) is 19.5 Å². The van der Waals surface area contributed by atoms with Crippen LogP contribution >= 0.6 is 0 Å². The molecule has 2 aliphatic heterocycles. The predicted octanol–water partition coefficient (Wildman–Crippen LogP) is 3.57. The summed E-state index contributed by atoms with van der Waals surface area (Å²) in [4.78, 5) is 30.1. The Bertz CT molecular complexity index is 1260. The van der Waals surface area contributed by atoms with Crippen molar-refractivity contribution in [3.8, 4) is 5.75 Å². The molecule has 8 nitrogen and oxygen atoms in total. The molecule has 0 radical (unpaired) electrons. The minimum absolute atomic E-state index is 0.00175. The quantitative estimate of drug-likeness (QED) is 0.479. The van der Waals surface area contributed by atoms with Gasteiger partial charge in [0.1, 0.15) is 24.6 Å². The molecule has 3 heterocycles. The smallest absolute Gasteiger partial charge is 0.417 e. The van der Waals surface area contributed by atoms with E-state index in [4.69, 9.17) is 15.2 Å². The van der Waals surface area contributed by atoms with Gasteiger partial charge in [0.25, 0.3) is 11.8 Å². The maximum atomic E-state index is 15.0. The van der Waals surface area contributed by atoms with E-state index in [9.17, 15) is 35.9 Å². The number of anilines is 1. The molecule has 212 valence electrons. The maximum absolute atomic E-state index is 15.0. The molecule has 39 heavy (non-hydrogen) atoms. The van der Waals surface area contributed by atoms with Crippen LogP contribution in [0.15, 0.2) is 30.5 Å². The Morgan fingerprint density at radius 3 is 2.56 bits per heavy atom. The van der Waals surface area contributed by atoms with E-state index >= 15 is 0 Å². The van der Waals surface area contributed by atoms with Gasteiger partial charge in [-0.05, 0) is 25.1 Å². The van der Waals surface area contributed by atoms with E-state index in [1.54, 1.807) is 4.90 Å². The summed E-state index contributed by atoms with van der Waals surface area (Å²) in [5, 5.41) is 2.38. The van der Waals surface area contributed by atoms with Gasteiger partial charge in [0, 0.05) is 48.9 Å². The number of amides is 2. The summed E-state index contributed by atoms with van der Waals surface area (Å²) >= 11 is 0. The summed E-state index contributed by atoms with van der Waals surface area (Å²) in [6, 6.07) is 4.19. The van der Waals surface area contributed by atoms with E-state index in [-0.39, 0.29) is 43.2 Å². The van der Waals surface area contributed by atoms with Gasteiger partial charge in [-0.15, -0.1) is 0 Å². The monoisotopic (exact) mass is 560 g/mol.